The largest absolute Gasteiger partial charge is 0.494 e. The molecule has 0 N–H and O–H groups in total. The van der Waals surface area contributed by atoms with Crippen molar-refractivity contribution < 1.29 is 19.1 Å². The van der Waals surface area contributed by atoms with E-state index in [2.05, 4.69) is 11.9 Å². The van der Waals surface area contributed by atoms with Gasteiger partial charge in [0.2, 0.25) is 0 Å². The molecule has 1 amide bonds. The van der Waals surface area contributed by atoms with Crippen LogP contribution in [0.5, 0.6) is 5.75 Å². The lowest BCUT2D eigenvalue weighted by Crippen LogP contribution is -2.28. The van der Waals surface area contributed by atoms with Crippen LogP contribution in [0, 0.1) is 0 Å². The number of likely N-dealkylation sites (N-methyl/N-ethyl adjacent to an activating group) is 1. The van der Waals surface area contributed by atoms with E-state index in [0.717, 1.165) is 17.7 Å². The highest BCUT2D eigenvalue weighted by atomic mass is 32.2. The maximum Gasteiger partial charge on any atom is 0.338 e. The summed E-state index contributed by atoms with van der Waals surface area (Å²) in [6.45, 7) is 7.23. The Morgan fingerprint density at radius 2 is 1.90 bits per heavy atom. The average molecular weight is 439 g/mol. The molecule has 0 radical (unpaired) electrons. The monoisotopic (exact) mass is 438 g/mol. The molecule has 1 saturated heterocycles. The Kier molecular flexibility index (Phi) is 7.89. The number of thioether (sulfide) groups is 1. The summed E-state index contributed by atoms with van der Waals surface area (Å²) >= 11 is 1.32. The first-order valence-electron chi connectivity index (χ1n) is 10.4. The van der Waals surface area contributed by atoms with Crippen molar-refractivity contribution in [3.63, 3.8) is 0 Å². The van der Waals surface area contributed by atoms with Crippen molar-refractivity contribution in [2.45, 2.75) is 27.2 Å². The molecule has 6 nitrogen and oxygen atoms in total. The minimum absolute atomic E-state index is 0.0842. The van der Waals surface area contributed by atoms with E-state index in [9.17, 15) is 9.59 Å². The molecule has 0 bridgehead atoms. The van der Waals surface area contributed by atoms with Gasteiger partial charge < -0.3 is 9.47 Å². The summed E-state index contributed by atoms with van der Waals surface area (Å²) in [6.07, 6.45) is 2.81. The number of aliphatic imine (C=N–C) groups is 1. The van der Waals surface area contributed by atoms with Gasteiger partial charge in [0.25, 0.3) is 5.91 Å². The molecule has 0 spiro atoms. The van der Waals surface area contributed by atoms with Crippen LogP contribution < -0.4 is 4.74 Å². The predicted molar refractivity (Wildman–Crippen MR) is 125 cm³/mol. The minimum Gasteiger partial charge on any atom is -0.494 e. The SMILES string of the molecule is CCCOc1ccc(C=C2SC(=Nc3cccc(C(=O)OCC)c3)N(CC)C2=O)cc1. The maximum atomic E-state index is 12.9. The van der Waals surface area contributed by atoms with Crippen molar-refractivity contribution in [3.05, 3.63) is 64.6 Å². The van der Waals surface area contributed by atoms with Gasteiger partial charge in [-0.15, -0.1) is 0 Å². The minimum atomic E-state index is -0.390. The Labute approximate surface area is 187 Å². The number of hydrogen-bond acceptors (Lipinski definition) is 6. The Morgan fingerprint density at radius 1 is 1.13 bits per heavy atom. The molecule has 0 saturated carbocycles. The van der Waals surface area contributed by atoms with E-state index >= 15 is 0 Å². The predicted octanol–water partition coefficient (Wildman–Crippen LogP) is 5.28. The van der Waals surface area contributed by atoms with Crippen LogP contribution in [0.25, 0.3) is 6.08 Å². The second-order valence-electron chi connectivity index (χ2n) is 6.74. The first kappa shape index (κ1) is 22.6. The molecule has 0 unspecified atom stereocenters. The summed E-state index contributed by atoms with van der Waals surface area (Å²) in [5.74, 6) is 0.339. The molecule has 1 aliphatic heterocycles. The molecule has 0 atom stereocenters. The molecule has 1 heterocycles. The van der Waals surface area contributed by atoms with E-state index in [-0.39, 0.29) is 11.9 Å². The van der Waals surface area contributed by atoms with Crippen molar-refractivity contribution in [2.24, 2.45) is 4.99 Å². The van der Waals surface area contributed by atoms with Crippen molar-refractivity contribution >= 4 is 40.6 Å². The highest BCUT2D eigenvalue weighted by Gasteiger charge is 2.32. The lowest BCUT2D eigenvalue weighted by molar-refractivity contribution is -0.122. The van der Waals surface area contributed by atoms with E-state index in [1.807, 2.05) is 37.3 Å². The lowest BCUT2D eigenvalue weighted by Gasteiger charge is -2.12. The molecule has 2 aromatic carbocycles. The third-order valence-corrected chi connectivity index (χ3v) is 5.44. The van der Waals surface area contributed by atoms with Crippen molar-refractivity contribution in [3.8, 4) is 5.75 Å². The van der Waals surface area contributed by atoms with Gasteiger partial charge in [0.1, 0.15) is 5.75 Å². The number of hydrogen-bond donors (Lipinski definition) is 0. The molecule has 0 aromatic heterocycles. The van der Waals surface area contributed by atoms with Crippen molar-refractivity contribution in [2.75, 3.05) is 19.8 Å². The normalized spacial score (nSPS) is 16.2. The number of amides is 1. The smallest absolute Gasteiger partial charge is 0.338 e. The Balaban J connectivity index is 1.82. The summed E-state index contributed by atoms with van der Waals surface area (Å²) in [6, 6.07) is 14.6. The molecule has 2 aromatic rings. The van der Waals surface area contributed by atoms with Gasteiger partial charge in [-0.3, -0.25) is 9.69 Å². The quantitative estimate of drug-likeness (QED) is 0.415. The fourth-order valence-corrected chi connectivity index (χ4v) is 3.99. The molecule has 3 rings (SSSR count). The summed E-state index contributed by atoms with van der Waals surface area (Å²) in [4.78, 5) is 31.7. The van der Waals surface area contributed by atoms with Crippen molar-refractivity contribution in [1.29, 1.82) is 0 Å². The van der Waals surface area contributed by atoms with E-state index in [0.29, 0.717) is 41.1 Å². The van der Waals surface area contributed by atoms with Crippen LogP contribution in [-0.2, 0) is 9.53 Å². The standard InChI is InChI=1S/C24H26N2O4S/c1-4-14-30-20-12-10-17(11-13-20)15-21-22(27)26(5-2)24(31-21)25-19-9-7-8-18(16-19)23(28)29-6-3/h7-13,15-16H,4-6,14H2,1-3H3. The van der Waals surface area contributed by atoms with Gasteiger partial charge in [-0.1, -0.05) is 25.1 Å². The second-order valence-corrected chi connectivity index (χ2v) is 7.75. The van der Waals surface area contributed by atoms with Crippen LogP contribution in [0.4, 0.5) is 5.69 Å². The zero-order chi connectivity index (χ0) is 22.2. The number of carbonyl (C=O) groups excluding carboxylic acids is 2. The second kappa shape index (κ2) is 10.8. The van der Waals surface area contributed by atoms with E-state index in [1.54, 1.807) is 36.1 Å². The van der Waals surface area contributed by atoms with Crippen LogP contribution in [0.2, 0.25) is 0 Å². The van der Waals surface area contributed by atoms with E-state index < -0.39 is 0 Å². The van der Waals surface area contributed by atoms with Crippen LogP contribution in [0.1, 0.15) is 43.1 Å². The van der Waals surface area contributed by atoms with Gasteiger partial charge in [0.15, 0.2) is 5.17 Å². The number of nitrogens with zero attached hydrogens (tertiary/aromatic N) is 2. The fourth-order valence-electron chi connectivity index (χ4n) is 2.93. The van der Waals surface area contributed by atoms with E-state index in [1.165, 1.54) is 11.8 Å². The topological polar surface area (TPSA) is 68.2 Å². The average Bonchev–Trinajstić information content (AvgIpc) is 3.07. The molecular formula is C24H26N2O4S. The molecular weight excluding hydrogens is 412 g/mol. The van der Waals surface area contributed by atoms with Gasteiger partial charge in [-0.05, 0) is 74.0 Å². The van der Waals surface area contributed by atoms with Crippen LogP contribution in [0.15, 0.2) is 58.4 Å². The van der Waals surface area contributed by atoms with Crippen LogP contribution in [0.3, 0.4) is 0 Å². The number of amidine groups is 1. The fraction of sp³-hybridized carbons (Fsp3) is 0.292. The third kappa shape index (κ3) is 5.76. The summed E-state index contributed by atoms with van der Waals surface area (Å²) in [7, 11) is 0. The van der Waals surface area contributed by atoms with Gasteiger partial charge in [0.05, 0.1) is 29.4 Å². The number of rotatable bonds is 8. The highest BCUT2D eigenvalue weighted by molar-refractivity contribution is 8.18. The van der Waals surface area contributed by atoms with Gasteiger partial charge in [0, 0.05) is 6.54 Å². The van der Waals surface area contributed by atoms with Crippen LogP contribution in [-0.4, -0.2) is 41.7 Å². The van der Waals surface area contributed by atoms with Gasteiger partial charge in [-0.25, -0.2) is 9.79 Å². The first-order chi connectivity index (χ1) is 15.0. The first-order valence-corrected chi connectivity index (χ1v) is 11.2. The number of esters is 1. The zero-order valence-electron chi connectivity index (χ0n) is 18.0. The Morgan fingerprint density at radius 3 is 2.58 bits per heavy atom. The van der Waals surface area contributed by atoms with Crippen molar-refractivity contribution in [1.82, 2.24) is 4.90 Å². The molecule has 0 aliphatic carbocycles. The highest BCUT2D eigenvalue weighted by Crippen LogP contribution is 2.34. The van der Waals surface area contributed by atoms with Crippen LogP contribution >= 0.6 is 11.8 Å². The number of benzene rings is 2. The molecule has 1 aliphatic rings. The van der Waals surface area contributed by atoms with Gasteiger partial charge in [-0.2, -0.15) is 0 Å². The third-order valence-electron chi connectivity index (χ3n) is 4.44. The number of carbonyl (C=O) groups is 2. The van der Waals surface area contributed by atoms with E-state index in [4.69, 9.17) is 9.47 Å². The maximum absolute atomic E-state index is 12.9. The summed E-state index contributed by atoms with van der Waals surface area (Å²) < 4.78 is 10.7. The Hall–Kier alpha value is -3.06. The lowest BCUT2D eigenvalue weighted by atomic mass is 10.2. The zero-order valence-corrected chi connectivity index (χ0v) is 18.8. The molecule has 1 fully saturated rings. The molecule has 31 heavy (non-hydrogen) atoms. The Bertz CT molecular complexity index is 999. The summed E-state index contributed by atoms with van der Waals surface area (Å²) in [5.41, 5.74) is 1.95. The summed E-state index contributed by atoms with van der Waals surface area (Å²) in [5, 5.41) is 0.586. The van der Waals surface area contributed by atoms with Gasteiger partial charge >= 0.3 is 5.97 Å². The molecule has 162 valence electrons. The number of ether oxygens (including phenoxy) is 2. The molecule has 7 heteroatoms.